The number of carbonyl (C=O) groups excluding carboxylic acids is 2. The Balaban J connectivity index is 1.73. The van der Waals surface area contributed by atoms with Crippen LogP contribution in [0.2, 0.25) is 0 Å². The van der Waals surface area contributed by atoms with Crippen LogP contribution in [0.1, 0.15) is 28.8 Å². The fraction of sp³-hybridized carbons (Fsp3) is 0.364. The molecule has 1 N–H and O–H groups in total. The summed E-state index contributed by atoms with van der Waals surface area (Å²) < 4.78 is 37.7. The van der Waals surface area contributed by atoms with E-state index in [4.69, 9.17) is 4.74 Å². The second-order valence-corrected chi connectivity index (χ2v) is 9.32. The van der Waals surface area contributed by atoms with E-state index in [9.17, 15) is 18.0 Å². The van der Waals surface area contributed by atoms with Crippen LogP contribution < -0.4 is 10.1 Å². The van der Waals surface area contributed by atoms with Gasteiger partial charge in [0, 0.05) is 18.8 Å². The molecule has 31 heavy (non-hydrogen) atoms. The van der Waals surface area contributed by atoms with Gasteiger partial charge in [0.25, 0.3) is 0 Å². The second-order valence-electron chi connectivity index (χ2n) is 7.41. The van der Waals surface area contributed by atoms with Crippen LogP contribution in [0.25, 0.3) is 0 Å². The smallest absolute Gasteiger partial charge is 0.337 e. The number of carbonyl (C=O) groups is 2. The first kappa shape index (κ1) is 22.8. The standard InChI is InChI=1S/C22H26N2O6S/c1-15-6-11-19(29-2)20(13-15)31(27,28)24-12-4-5-17(14-24)21(25)23-18-9-7-16(8-10-18)22(26)30-3/h6-11,13,17H,4-5,12,14H2,1-3H3,(H,23,25)/t17-/m0/s1. The van der Waals surface area contributed by atoms with Crippen LogP contribution in [-0.4, -0.2) is 51.9 Å². The van der Waals surface area contributed by atoms with E-state index in [0.29, 0.717) is 30.6 Å². The van der Waals surface area contributed by atoms with Gasteiger partial charge >= 0.3 is 5.97 Å². The molecule has 1 heterocycles. The van der Waals surface area contributed by atoms with Crippen molar-refractivity contribution in [3.05, 3.63) is 53.6 Å². The molecule has 0 saturated carbocycles. The maximum Gasteiger partial charge on any atom is 0.337 e. The van der Waals surface area contributed by atoms with E-state index in [-0.39, 0.29) is 23.1 Å². The summed E-state index contributed by atoms with van der Waals surface area (Å²) in [5, 5.41) is 2.80. The van der Waals surface area contributed by atoms with Gasteiger partial charge in [0.05, 0.1) is 25.7 Å². The highest BCUT2D eigenvalue weighted by atomic mass is 32.2. The first-order chi connectivity index (χ1) is 14.8. The molecular formula is C22H26N2O6S. The number of hydrogen-bond donors (Lipinski definition) is 1. The lowest BCUT2D eigenvalue weighted by Crippen LogP contribution is -2.43. The summed E-state index contributed by atoms with van der Waals surface area (Å²) in [7, 11) is -1.08. The van der Waals surface area contributed by atoms with Crippen molar-refractivity contribution in [2.45, 2.75) is 24.7 Å². The van der Waals surface area contributed by atoms with Crippen LogP contribution >= 0.6 is 0 Å². The van der Waals surface area contributed by atoms with Crippen molar-refractivity contribution in [3.63, 3.8) is 0 Å². The lowest BCUT2D eigenvalue weighted by Gasteiger charge is -2.31. The van der Waals surface area contributed by atoms with Crippen molar-refractivity contribution >= 4 is 27.6 Å². The molecule has 0 radical (unpaired) electrons. The largest absolute Gasteiger partial charge is 0.495 e. The third kappa shape index (κ3) is 5.05. The van der Waals surface area contributed by atoms with Crippen molar-refractivity contribution in [1.29, 1.82) is 0 Å². The summed E-state index contributed by atoms with van der Waals surface area (Å²) in [6.45, 7) is 2.25. The summed E-state index contributed by atoms with van der Waals surface area (Å²) in [6, 6.07) is 11.3. The van der Waals surface area contributed by atoms with E-state index < -0.39 is 21.9 Å². The number of amides is 1. The molecule has 2 aromatic rings. The Labute approximate surface area is 182 Å². The molecule has 1 aliphatic rings. The summed E-state index contributed by atoms with van der Waals surface area (Å²) in [6.07, 6.45) is 1.16. The normalized spacial score (nSPS) is 17.1. The van der Waals surface area contributed by atoms with Gasteiger partial charge in [-0.1, -0.05) is 6.07 Å². The zero-order chi connectivity index (χ0) is 22.6. The van der Waals surface area contributed by atoms with Crippen molar-refractivity contribution in [2.75, 3.05) is 32.6 Å². The minimum Gasteiger partial charge on any atom is -0.495 e. The molecule has 0 spiro atoms. The number of benzene rings is 2. The monoisotopic (exact) mass is 446 g/mol. The molecule has 0 unspecified atom stereocenters. The average Bonchev–Trinajstić information content (AvgIpc) is 2.79. The number of hydrogen-bond acceptors (Lipinski definition) is 6. The molecule has 1 amide bonds. The van der Waals surface area contributed by atoms with Crippen molar-refractivity contribution in [2.24, 2.45) is 5.92 Å². The van der Waals surface area contributed by atoms with Gasteiger partial charge in [-0.15, -0.1) is 0 Å². The average molecular weight is 447 g/mol. The van der Waals surface area contributed by atoms with Crippen molar-refractivity contribution in [1.82, 2.24) is 4.31 Å². The number of anilines is 1. The molecule has 0 aliphatic carbocycles. The highest BCUT2D eigenvalue weighted by molar-refractivity contribution is 7.89. The van der Waals surface area contributed by atoms with Gasteiger partial charge in [-0.2, -0.15) is 4.31 Å². The molecule has 2 aromatic carbocycles. The van der Waals surface area contributed by atoms with Gasteiger partial charge in [-0.25, -0.2) is 13.2 Å². The van der Waals surface area contributed by atoms with Gasteiger partial charge < -0.3 is 14.8 Å². The molecule has 1 fully saturated rings. The topological polar surface area (TPSA) is 102 Å². The number of nitrogens with one attached hydrogen (secondary N) is 1. The Kier molecular flexibility index (Phi) is 6.97. The number of piperidine rings is 1. The Hall–Kier alpha value is -2.91. The maximum atomic E-state index is 13.2. The van der Waals surface area contributed by atoms with Crippen LogP contribution in [-0.2, 0) is 19.6 Å². The van der Waals surface area contributed by atoms with Crippen LogP contribution in [0.5, 0.6) is 5.75 Å². The number of esters is 1. The van der Waals surface area contributed by atoms with Gasteiger partial charge in [-0.05, 0) is 61.7 Å². The molecule has 1 atom stereocenters. The van der Waals surface area contributed by atoms with Crippen molar-refractivity contribution in [3.8, 4) is 5.75 Å². The lowest BCUT2D eigenvalue weighted by atomic mass is 9.98. The summed E-state index contributed by atoms with van der Waals surface area (Å²) in [5.74, 6) is -0.929. The van der Waals surface area contributed by atoms with Gasteiger partial charge in [-0.3, -0.25) is 4.79 Å². The maximum absolute atomic E-state index is 13.2. The molecule has 1 saturated heterocycles. The summed E-state index contributed by atoms with van der Waals surface area (Å²) in [5.41, 5.74) is 1.71. The number of methoxy groups -OCH3 is 2. The Morgan fingerprint density at radius 2 is 1.81 bits per heavy atom. The number of rotatable bonds is 6. The highest BCUT2D eigenvalue weighted by Crippen LogP contribution is 2.31. The molecule has 166 valence electrons. The predicted molar refractivity (Wildman–Crippen MR) is 116 cm³/mol. The van der Waals surface area contributed by atoms with Crippen LogP contribution in [0, 0.1) is 12.8 Å². The second kappa shape index (κ2) is 9.49. The SMILES string of the molecule is COC(=O)c1ccc(NC(=O)[C@H]2CCCN(S(=O)(=O)c3cc(C)ccc3OC)C2)cc1. The third-order valence-electron chi connectivity index (χ3n) is 5.27. The fourth-order valence-corrected chi connectivity index (χ4v) is 5.32. The van der Waals surface area contributed by atoms with E-state index in [1.165, 1.54) is 18.5 Å². The Morgan fingerprint density at radius 3 is 2.45 bits per heavy atom. The third-order valence-corrected chi connectivity index (χ3v) is 7.15. The highest BCUT2D eigenvalue weighted by Gasteiger charge is 2.35. The van der Waals surface area contributed by atoms with E-state index in [0.717, 1.165) is 5.56 Å². The Morgan fingerprint density at radius 1 is 1.10 bits per heavy atom. The van der Waals surface area contributed by atoms with E-state index in [1.54, 1.807) is 42.5 Å². The zero-order valence-electron chi connectivity index (χ0n) is 17.8. The minimum atomic E-state index is -3.81. The molecular weight excluding hydrogens is 420 g/mol. The molecule has 9 heteroatoms. The van der Waals surface area contributed by atoms with Gasteiger partial charge in [0.15, 0.2) is 0 Å². The lowest BCUT2D eigenvalue weighted by molar-refractivity contribution is -0.120. The molecule has 0 bridgehead atoms. The van der Waals surface area contributed by atoms with Crippen LogP contribution in [0.15, 0.2) is 47.4 Å². The number of aryl methyl sites for hydroxylation is 1. The fourth-order valence-electron chi connectivity index (χ4n) is 3.55. The van der Waals surface area contributed by atoms with Gasteiger partial charge in [0.2, 0.25) is 15.9 Å². The number of nitrogens with zero attached hydrogens (tertiary/aromatic N) is 1. The molecule has 0 aromatic heterocycles. The molecule has 8 nitrogen and oxygen atoms in total. The molecule has 1 aliphatic heterocycles. The van der Waals surface area contributed by atoms with Crippen LogP contribution in [0.4, 0.5) is 5.69 Å². The summed E-state index contributed by atoms with van der Waals surface area (Å²) >= 11 is 0. The Bertz CT molecular complexity index is 1070. The first-order valence-corrected chi connectivity index (χ1v) is 11.3. The van der Waals surface area contributed by atoms with E-state index in [2.05, 4.69) is 10.1 Å². The minimum absolute atomic E-state index is 0.0888. The number of ether oxygens (including phenoxy) is 2. The molecule has 3 rings (SSSR count). The van der Waals surface area contributed by atoms with E-state index >= 15 is 0 Å². The zero-order valence-corrected chi connectivity index (χ0v) is 18.6. The predicted octanol–water partition coefficient (Wildman–Crippen LogP) is 2.83. The first-order valence-electron chi connectivity index (χ1n) is 9.90. The van der Waals surface area contributed by atoms with Crippen LogP contribution in [0.3, 0.4) is 0 Å². The quantitative estimate of drug-likeness (QED) is 0.685. The van der Waals surface area contributed by atoms with E-state index in [1.807, 2.05) is 6.92 Å². The summed E-state index contributed by atoms with van der Waals surface area (Å²) in [4.78, 5) is 24.4. The van der Waals surface area contributed by atoms with Crippen molar-refractivity contribution < 1.29 is 27.5 Å². The van der Waals surface area contributed by atoms with Gasteiger partial charge in [0.1, 0.15) is 10.6 Å². The number of sulfonamides is 1.